The molecular formula is C10H11NO. The molecule has 1 heterocycles. The van der Waals surface area contributed by atoms with Crippen LogP contribution in [0.2, 0.25) is 0 Å². The Labute approximate surface area is 72.0 Å². The van der Waals surface area contributed by atoms with Crippen molar-refractivity contribution in [3.8, 4) is 0 Å². The standard InChI is InChI=1S/C10H11NO/c1-3-5-6-8-7-11-10(12)9(8)4-2/h3-6H,1-2,7H2,(H,11,12)/b6-5-. The molecule has 0 atom stereocenters. The summed E-state index contributed by atoms with van der Waals surface area (Å²) in [5.41, 5.74) is 1.63. The lowest BCUT2D eigenvalue weighted by Gasteiger charge is -1.90. The number of carbonyl (C=O) groups excluding carboxylic acids is 1. The second kappa shape index (κ2) is 3.72. The van der Waals surface area contributed by atoms with Crippen molar-refractivity contribution >= 4 is 5.91 Å². The van der Waals surface area contributed by atoms with Crippen molar-refractivity contribution in [1.82, 2.24) is 5.32 Å². The molecule has 0 aromatic rings. The van der Waals surface area contributed by atoms with Gasteiger partial charge in [0.1, 0.15) is 0 Å². The minimum absolute atomic E-state index is 0.0475. The maximum absolute atomic E-state index is 11.1. The first-order valence-electron chi connectivity index (χ1n) is 3.72. The topological polar surface area (TPSA) is 29.1 Å². The first-order chi connectivity index (χ1) is 5.79. The van der Waals surface area contributed by atoms with E-state index in [1.165, 1.54) is 0 Å². The Balaban J connectivity index is 2.92. The van der Waals surface area contributed by atoms with Gasteiger partial charge in [0.2, 0.25) is 0 Å². The summed E-state index contributed by atoms with van der Waals surface area (Å²) in [5, 5.41) is 2.71. The Bertz CT molecular complexity index is 284. The highest BCUT2D eigenvalue weighted by Crippen LogP contribution is 2.12. The predicted molar refractivity (Wildman–Crippen MR) is 49.6 cm³/mol. The van der Waals surface area contributed by atoms with Crippen LogP contribution in [0, 0.1) is 0 Å². The highest BCUT2D eigenvalue weighted by Gasteiger charge is 2.16. The fourth-order valence-electron chi connectivity index (χ4n) is 1.07. The number of hydrogen-bond donors (Lipinski definition) is 1. The third-order valence-electron chi connectivity index (χ3n) is 1.67. The number of allylic oxidation sites excluding steroid dienone is 2. The predicted octanol–water partition coefficient (Wildman–Crippen LogP) is 1.34. The average molecular weight is 161 g/mol. The smallest absolute Gasteiger partial charge is 0.251 e. The summed E-state index contributed by atoms with van der Waals surface area (Å²) < 4.78 is 0. The van der Waals surface area contributed by atoms with Crippen LogP contribution in [0.5, 0.6) is 0 Å². The molecule has 0 spiro atoms. The van der Waals surface area contributed by atoms with E-state index in [4.69, 9.17) is 0 Å². The summed E-state index contributed by atoms with van der Waals surface area (Å²) in [6.45, 7) is 7.71. The van der Waals surface area contributed by atoms with Gasteiger partial charge in [-0.1, -0.05) is 37.5 Å². The van der Waals surface area contributed by atoms with Crippen LogP contribution in [0.25, 0.3) is 0 Å². The van der Waals surface area contributed by atoms with E-state index in [-0.39, 0.29) is 5.91 Å². The molecule has 1 amide bonds. The Morgan fingerprint density at radius 1 is 1.42 bits per heavy atom. The highest BCUT2D eigenvalue weighted by molar-refractivity contribution is 6.00. The molecule has 1 aliphatic rings. The van der Waals surface area contributed by atoms with Crippen molar-refractivity contribution in [3.63, 3.8) is 0 Å². The van der Waals surface area contributed by atoms with Gasteiger partial charge in [0.05, 0.1) is 0 Å². The molecule has 0 unspecified atom stereocenters. The molecule has 0 fully saturated rings. The molecule has 1 aliphatic heterocycles. The van der Waals surface area contributed by atoms with Crippen molar-refractivity contribution in [2.45, 2.75) is 0 Å². The molecule has 1 rings (SSSR count). The highest BCUT2D eigenvalue weighted by atomic mass is 16.1. The van der Waals surface area contributed by atoms with Gasteiger partial charge < -0.3 is 5.32 Å². The quantitative estimate of drug-likeness (QED) is 0.622. The van der Waals surface area contributed by atoms with Gasteiger partial charge in [-0.15, -0.1) is 0 Å². The van der Waals surface area contributed by atoms with E-state index in [1.54, 1.807) is 18.2 Å². The van der Waals surface area contributed by atoms with Gasteiger partial charge in [0.15, 0.2) is 0 Å². The molecule has 0 aliphatic carbocycles. The molecule has 0 bridgehead atoms. The van der Waals surface area contributed by atoms with E-state index in [2.05, 4.69) is 18.5 Å². The maximum atomic E-state index is 11.1. The van der Waals surface area contributed by atoms with Crippen LogP contribution < -0.4 is 5.32 Å². The van der Waals surface area contributed by atoms with E-state index < -0.39 is 0 Å². The molecule has 2 nitrogen and oxygen atoms in total. The molecular weight excluding hydrogens is 150 g/mol. The molecule has 0 saturated heterocycles. The summed E-state index contributed by atoms with van der Waals surface area (Å²) in [4.78, 5) is 11.1. The number of rotatable bonds is 3. The maximum Gasteiger partial charge on any atom is 0.251 e. The van der Waals surface area contributed by atoms with Gasteiger partial charge >= 0.3 is 0 Å². The van der Waals surface area contributed by atoms with Crippen LogP contribution in [0.3, 0.4) is 0 Å². The van der Waals surface area contributed by atoms with Gasteiger partial charge in [0.25, 0.3) is 5.91 Å². The summed E-state index contributed by atoms with van der Waals surface area (Å²) in [6, 6.07) is 0. The SMILES string of the molecule is C=C/C=C\C1=C(C=C)C(=O)NC1. The van der Waals surface area contributed by atoms with Crippen molar-refractivity contribution in [2.24, 2.45) is 0 Å². The molecule has 1 N–H and O–H groups in total. The zero-order valence-corrected chi connectivity index (χ0v) is 6.84. The summed E-state index contributed by atoms with van der Waals surface area (Å²) in [6.07, 6.45) is 6.92. The van der Waals surface area contributed by atoms with E-state index in [1.807, 2.05) is 6.08 Å². The van der Waals surface area contributed by atoms with Gasteiger partial charge in [-0.3, -0.25) is 4.79 Å². The molecule has 0 aromatic carbocycles. The van der Waals surface area contributed by atoms with E-state index in [9.17, 15) is 4.79 Å². The second-order valence-corrected chi connectivity index (χ2v) is 2.42. The number of amides is 1. The molecule has 0 saturated carbocycles. The third kappa shape index (κ3) is 1.53. The molecule has 12 heavy (non-hydrogen) atoms. The fraction of sp³-hybridized carbons (Fsp3) is 0.100. The number of carbonyl (C=O) groups is 1. The monoisotopic (exact) mass is 161 g/mol. The Hall–Kier alpha value is -1.57. The lowest BCUT2D eigenvalue weighted by molar-refractivity contribution is -0.116. The van der Waals surface area contributed by atoms with Crippen molar-refractivity contribution in [1.29, 1.82) is 0 Å². The van der Waals surface area contributed by atoms with Crippen LogP contribution in [-0.4, -0.2) is 12.5 Å². The summed E-state index contributed by atoms with van der Waals surface area (Å²) in [7, 11) is 0. The first-order valence-corrected chi connectivity index (χ1v) is 3.72. The fourth-order valence-corrected chi connectivity index (χ4v) is 1.07. The zero-order valence-electron chi connectivity index (χ0n) is 6.84. The Morgan fingerprint density at radius 3 is 2.75 bits per heavy atom. The minimum atomic E-state index is -0.0475. The average Bonchev–Trinajstić information content (AvgIpc) is 2.43. The summed E-state index contributed by atoms with van der Waals surface area (Å²) >= 11 is 0. The second-order valence-electron chi connectivity index (χ2n) is 2.42. The third-order valence-corrected chi connectivity index (χ3v) is 1.67. The number of hydrogen-bond acceptors (Lipinski definition) is 1. The molecule has 62 valence electrons. The molecule has 2 heteroatoms. The lowest BCUT2D eigenvalue weighted by Crippen LogP contribution is -2.16. The molecule has 0 aromatic heterocycles. The van der Waals surface area contributed by atoms with E-state index >= 15 is 0 Å². The normalized spacial score (nSPS) is 16.8. The van der Waals surface area contributed by atoms with E-state index in [0.29, 0.717) is 12.1 Å². The van der Waals surface area contributed by atoms with Gasteiger partial charge in [-0.25, -0.2) is 0 Å². The van der Waals surface area contributed by atoms with Gasteiger partial charge in [0, 0.05) is 12.1 Å². The van der Waals surface area contributed by atoms with Crippen molar-refractivity contribution in [3.05, 3.63) is 48.6 Å². The van der Waals surface area contributed by atoms with Crippen LogP contribution in [-0.2, 0) is 4.79 Å². The Kier molecular flexibility index (Phi) is 2.64. The Morgan fingerprint density at radius 2 is 2.17 bits per heavy atom. The lowest BCUT2D eigenvalue weighted by atomic mass is 10.1. The first kappa shape index (κ1) is 8.53. The molecule has 0 radical (unpaired) electrons. The van der Waals surface area contributed by atoms with Crippen LogP contribution in [0.1, 0.15) is 0 Å². The van der Waals surface area contributed by atoms with Gasteiger partial charge in [-0.05, 0) is 5.57 Å². The van der Waals surface area contributed by atoms with Crippen LogP contribution >= 0.6 is 0 Å². The van der Waals surface area contributed by atoms with Crippen LogP contribution in [0.15, 0.2) is 48.6 Å². The van der Waals surface area contributed by atoms with Crippen LogP contribution in [0.4, 0.5) is 0 Å². The van der Waals surface area contributed by atoms with E-state index in [0.717, 1.165) is 5.57 Å². The largest absolute Gasteiger partial charge is 0.348 e. The van der Waals surface area contributed by atoms with Crippen molar-refractivity contribution < 1.29 is 4.79 Å². The minimum Gasteiger partial charge on any atom is -0.348 e. The summed E-state index contributed by atoms with van der Waals surface area (Å²) in [5.74, 6) is -0.0475. The van der Waals surface area contributed by atoms with Gasteiger partial charge in [-0.2, -0.15) is 0 Å². The number of nitrogens with one attached hydrogen (secondary N) is 1. The zero-order chi connectivity index (χ0) is 8.97. The van der Waals surface area contributed by atoms with Crippen molar-refractivity contribution in [2.75, 3.05) is 6.54 Å².